The molecule has 6 rings (SSSR count). The van der Waals surface area contributed by atoms with E-state index in [4.69, 9.17) is 0 Å². The molecule has 4 aromatic carbocycles. The second-order valence-electron chi connectivity index (χ2n) is 8.24. The maximum atomic E-state index is 3.92. The van der Waals surface area contributed by atoms with Gasteiger partial charge in [0.05, 0.1) is 0 Å². The first-order valence-electron chi connectivity index (χ1n) is 10.5. The SMILES string of the molecule is Brc1ccc2c(c1)CCc1c-2ccc(Br)c1-c1cccc2c1CCc1ccccc1-2. The first-order chi connectivity index (χ1) is 14.7. The van der Waals surface area contributed by atoms with Crippen molar-refractivity contribution in [2.75, 3.05) is 0 Å². The van der Waals surface area contributed by atoms with Crippen LogP contribution in [0, 0.1) is 0 Å². The Morgan fingerprint density at radius 3 is 2.10 bits per heavy atom. The van der Waals surface area contributed by atoms with Crippen molar-refractivity contribution in [2.24, 2.45) is 0 Å². The molecule has 0 saturated heterocycles. The molecule has 0 spiro atoms. The van der Waals surface area contributed by atoms with Gasteiger partial charge in [0.1, 0.15) is 0 Å². The Morgan fingerprint density at radius 2 is 1.17 bits per heavy atom. The maximum Gasteiger partial charge on any atom is 0.0257 e. The van der Waals surface area contributed by atoms with Gasteiger partial charge in [-0.05, 0) is 99.5 Å². The van der Waals surface area contributed by atoms with Crippen LogP contribution in [0.25, 0.3) is 33.4 Å². The zero-order valence-electron chi connectivity index (χ0n) is 16.5. The highest BCUT2D eigenvalue weighted by Crippen LogP contribution is 2.46. The Hall–Kier alpha value is -2.16. The minimum Gasteiger partial charge on any atom is -0.0620 e. The highest BCUT2D eigenvalue weighted by atomic mass is 79.9. The van der Waals surface area contributed by atoms with E-state index >= 15 is 0 Å². The maximum absolute atomic E-state index is 3.92. The van der Waals surface area contributed by atoms with Gasteiger partial charge in [-0.3, -0.25) is 0 Å². The third-order valence-corrected chi connectivity index (χ3v) is 7.82. The Balaban J connectivity index is 1.60. The highest BCUT2D eigenvalue weighted by Gasteiger charge is 2.25. The number of halogens is 2. The molecule has 4 aromatic rings. The average molecular weight is 516 g/mol. The second-order valence-corrected chi connectivity index (χ2v) is 10.0. The average Bonchev–Trinajstić information content (AvgIpc) is 2.78. The minimum absolute atomic E-state index is 1.08. The van der Waals surface area contributed by atoms with E-state index in [-0.39, 0.29) is 0 Å². The fourth-order valence-corrected chi connectivity index (χ4v) is 6.31. The number of aryl methyl sites for hydroxylation is 2. The summed E-state index contributed by atoms with van der Waals surface area (Å²) in [5.41, 5.74) is 14.2. The minimum atomic E-state index is 1.08. The topological polar surface area (TPSA) is 0 Å². The molecule has 0 N–H and O–H groups in total. The molecule has 0 radical (unpaired) electrons. The second kappa shape index (κ2) is 7.21. The summed E-state index contributed by atoms with van der Waals surface area (Å²) in [6, 6.07) is 27.0. The van der Waals surface area contributed by atoms with E-state index in [9.17, 15) is 0 Å². The molecule has 0 bridgehead atoms. The molecular formula is C28H20Br2. The molecule has 146 valence electrons. The molecule has 0 nitrogen and oxygen atoms in total. The molecule has 0 unspecified atom stereocenters. The van der Waals surface area contributed by atoms with Crippen LogP contribution in [0.5, 0.6) is 0 Å². The lowest BCUT2D eigenvalue weighted by molar-refractivity contribution is 0.931. The summed E-state index contributed by atoms with van der Waals surface area (Å²) in [6.45, 7) is 0. The van der Waals surface area contributed by atoms with Crippen LogP contribution < -0.4 is 0 Å². The first kappa shape index (κ1) is 18.6. The number of benzene rings is 4. The molecule has 0 aliphatic heterocycles. The van der Waals surface area contributed by atoms with Crippen molar-refractivity contribution < 1.29 is 0 Å². The van der Waals surface area contributed by atoms with Crippen molar-refractivity contribution in [2.45, 2.75) is 25.7 Å². The molecule has 30 heavy (non-hydrogen) atoms. The molecule has 2 aliphatic carbocycles. The number of fused-ring (bicyclic) bond motifs is 6. The van der Waals surface area contributed by atoms with Crippen molar-refractivity contribution >= 4 is 31.9 Å². The van der Waals surface area contributed by atoms with Crippen molar-refractivity contribution in [3.63, 3.8) is 0 Å². The molecular weight excluding hydrogens is 496 g/mol. The molecule has 2 heteroatoms. The van der Waals surface area contributed by atoms with Crippen LogP contribution >= 0.6 is 31.9 Å². The monoisotopic (exact) mass is 514 g/mol. The number of rotatable bonds is 1. The van der Waals surface area contributed by atoms with Crippen LogP contribution in [0.4, 0.5) is 0 Å². The highest BCUT2D eigenvalue weighted by molar-refractivity contribution is 9.10. The van der Waals surface area contributed by atoms with E-state index < -0.39 is 0 Å². The van der Waals surface area contributed by atoms with Crippen LogP contribution in [0.3, 0.4) is 0 Å². The van der Waals surface area contributed by atoms with Gasteiger partial charge in [0, 0.05) is 8.95 Å². The summed E-state index contributed by atoms with van der Waals surface area (Å²) in [5.74, 6) is 0. The van der Waals surface area contributed by atoms with E-state index in [1.807, 2.05) is 0 Å². The molecule has 0 fully saturated rings. The van der Waals surface area contributed by atoms with Gasteiger partial charge >= 0.3 is 0 Å². The smallest absolute Gasteiger partial charge is 0.0257 e. The first-order valence-corrected chi connectivity index (χ1v) is 12.1. The molecule has 0 saturated carbocycles. The lowest BCUT2D eigenvalue weighted by Gasteiger charge is -2.27. The predicted molar refractivity (Wildman–Crippen MR) is 133 cm³/mol. The predicted octanol–water partition coefficient (Wildman–Crippen LogP) is 8.41. The summed E-state index contributed by atoms with van der Waals surface area (Å²) in [5, 5.41) is 0. The Morgan fingerprint density at radius 1 is 0.500 bits per heavy atom. The molecule has 0 atom stereocenters. The molecule has 2 aliphatic rings. The lowest BCUT2D eigenvalue weighted by Crippen LogP contribution is -2.09. The largest absolute Gasteiger partial charge is 0.0620 e. The van der Waals surface area contributed by atoms with Gasteiger partial charge in [0.2, 0.25) is 0 Å². The van der Waals surface area contributed by atoms with Crippen molar-refractivity contribution in [1.29, 1.82) is 0 Å². The van der Waals surface area contributed by atoms with Gasteiger partial charge in [-0.1, -0.05) is 86.5 Å². The Labute approximate surface area is 194 Å². The van der Waals surface area contributed by atoms with E-state index in [0.29, 0.717) is 0 Å². The van der Waals surface area contributed by atoms with Gasteiger partial charge in [-0.25, -0.2) is 0 Å². The van der Waals surface area contributed by atoms with Crippen molar-refractivity contribution in [1.82, 2.24) is 0 Å². The molecule has 0 aromatic heterocycles. The number of hydrogen-bond acceptors (Lipinski definition) is 0. The van der Waals surface area contributed by atoms with E-state index in [0.717, 1.165) is 30.2 Å². The molecule has 0 heterocycles. The molecule has 0 amide bonds. The van der Waals surface area contributed by atoms with Crippen molar-refractivity contribution in [3.05, 3.63) is 104 Å². The van der Waals surface area contributed by atoms with E-state index in [1.165, 1.54) is 60.1 Å². The zero-order chi connectivity index (χ0) is 20.2. The van der Waals surface area contributed by atoms with Crippen LogP contribution in [0.15, 0.2) is 81.7 Å². The Kier molecular flexibility index (Phi) is 4.47. The third kappa shape index (κ3) is 2.85. The van der Waals surface area contributed by atoms with Crippen LogP contribution in [-0.2, 0) is 25.7 Å². The van der Waals surface area contributed by atoms with Gasteiger partial charge < -0.3 is 0 Å². The van der Waals surface area contributed by atoms with Gasteiger partial charge in [-0.2, -0.15) is 0 Å². The quantitative estimate of drug-likeness (QED) is 0.238. The standard InChI is InChI=1S/C28H20Br2/c29-19-10-13-21-18(16-19)9-12-26-23(21)14-15-27(30)28(26)25-7-3-6-22-20-5-2-1-4-17(20)8-11-24(22)25/h1-7,10,13-16H,8-9,11-12H2. The summed E-state index contributed by atoms with van der Waals surface area (Å²) in [6.07, 6.45) is 4.38. The van der Waals surface area contributed by atoms with Crippen LogP contribution in [-0.4, -0.2) is 0 Å². The summed E-state index contributed by atoms with van der Waals surface area (Å²) in [7, 11) is 0. The van der Waals surface area contributed by atoms with Crippen molar-refractivity contribution in [3.8, 4) is 33.4 Å². The third-order valence-electron chi connectivity index (χ3n) is 6.66. The summed E-state index contributed by atoms with van der Waals surface area (Å²) >= 11 is 7.56. The van der Waals surface area contributed by atoms with E-state index in [1.54, 1.807) is 0 Å². The van der Waals surface area contributed by atoms with Crippen LogP contribution in [0.2, 0.25) is 0 Å². The lowest BCUT2D eigenvalue weighted by atomic mass is 9.78. The fraction of sp³-hybridized carbons (Fsp3) is 0.143. The fourth-order valence-electron chi connectivity index (χ4n) is 5.32. The van der Waals surface area contributed by atoms with Gasteiger partial charge in [-0.15, -0.1) is 0 Å². The zero-order valence-corrected chi connectivity index (χ0v) is 19.7. The van der Waals surface area contributed by atoms with Gasteiger partial charge in [0.15, 0.2) is 0 Å². The van der Waals surface area contributed by atoms with Gasteiger partial charge in [0.25, 0.3) is 0 Å². The normalized spacial score (nSPS) is 13.8. The summed E-state index contributed by atoms with van der Waals surface area (Å²) < 4.78 is 2.37. The van der Waals surface area contributed by atoms with Crippen LogP contribution in [0.1, 0.15) is 22.3 Å². The Bertz CT molecular complexity index is 1320. The summed E-state index contributed by atoms with van der Waals surface area (Å²) in [4.78, 5) is 0. The number of hydrogen-bond donors (Lipinski definition) is 0. The van der Waals surface area contributed by atoms with E-state index in [2.05, 4.69) is 105 Å².